The van der Waals surface area contributed by atoms with Gasteiger partial charge in [0.1, 0.15) is 12.6 Å². The first-order valence-corrected chi connectivity index (χ1v) is 10.6. The molecule has 0 bridgehead atoms. The fourth-order valence-electron chi connectivity index (χ4n) is 4.28. The number of ether oxygens (including phenoxy) is 1. The maximum Gasteiger partial charge on any atom is 0.407 e. The van der Waals surface area contributed by atoms with Gasteiger partial charge in [-0.15, -0.1) is 0 Å². The lowest BCUT2D eigenvalue weighted by molar-refractivity contribution is -0.142. The van der Waals surface area contributed by atoms with E-state index >= 15 is 0 Å². The van der Waals surface area contributed by atoms with Gasteiger partial charge in [-0.2, -0.15) is 0 Å². The number of rotatable bonds is 8. The van der Waals surface area contributed by atoms with E-state index < -0.39 is 18.1 Å². The number of carbonyl (C=O) groups excluding carboxylic acids is 2. The molecule has 4 rings (SSSR count). The third-order valence-corrected chi connectivity index (χ3v) is 6.13. The molecule has 0 radical (unpaired) electrons. The van der Waals surface area contributed by atoms with Gasteiger partial charge in [0.25, 0.3) is 0 Å². The Morgan fingerprint density at radius 1 is 1.06 bits per heavy atom. The van der Waals surface area contributed by atoms with Crippen LogP contribution >= 0.6 is 0 Å². The van der Waals surface area contributed by atoms with Gasteiger partial charge in [0, 0.05) is 18.4 Å². The van der Waals surface area contributed by atoms with Crippen LogP contribution in [0.1, 0.15) is 36.8 Å². The molecule has 0 saturated heterocycles. The monoisotopic (exact) mass is 422 g/mol. The molecule has 2 aromatic rings. The highest BCUT2D eigenvalue weighted by Crippen LogP contribution is 2.44. The van der Waals surface area contributed by atoms with Gasteiger partial charge in [-0.3, -0.25) is 4.79 Å². The Kier molecular flexibility index (Phi) is 5.93. The van der Waals surface area contributed by atoms with E-state index in [-0.39, 0.29) is 30.3 Å². The molecule has 2 aromatic carbocycles. The molecule has 0 aromatic heterocycles. The van der Waals surface area contributed by atoms with Crippen LogP contribution in [0.15, 0.2) is 48.5 Å². The van der Waals surface area contributed by atoms with E-state index in [9.17, 15) is 14.4 Å². The number of carboxylic acids is 1. The summed E-state index contributed by atoms with van der Waals surface area (Å²) >= 11 is 0. The number of fused-ring (bicyclic) bond motifs is 3. The highest BCUT2D eigenvalue weighted by Gasteiger charge is 2.43. The summed E-state index contributed by atoms with van der Waals surface area (Å²) in [5.41, 5.74) is 4.65. The molecule has 3 N–H and O–H groups in total. The van der Waals surface area contributed by atoms with Crippen molar-refractivity contribution in [1.29, 1.82) is 0 Å². The number of carboxylic acid groups (broad SMARTS) is 1. The molecule has 2 amide bonds. The lowest BCUT2D eigenvalue weighted by Gasteiger charge is -2.15. The van der Waals surface area contributed by atoms with Gasteiger partial charge < -0.3 is 20.5 Å². The van der Waals surface area contributed by atoms with Gasteiger partial charge in [0.2, 0.25) is 5.91 Å². The Balaban J connectivity index is 1.26. The Morgan fingerprint density at radius 3 is 2.26 bits per heavy atom. The van der Waals surface area contributed by atoms with Crippen LogP contribution in [0.3, 0.4) is 0 Å². The number of nitrogens with one attached hydrogen (secondary N) is 2. The summed E-state index contributed by atoms with van der Waals surface area (Å²) in [6.07, 6.45) is 0.451. The molecule has 0 aliphatic heterocycles. The minimum absolute atomic E-state index is 0.000373. The fraction of sp³-hybridized carbons (Fsp3) is 0.375. The number of alkyl carbamates (subject to hydrolysis) is 1. The van der Waals surface area contributed by atoms with Gasteiger partial charge >= 0.3 is 12.1 Å². The normalized spacial score (nSPS) is 19.6. The van der Waals surface area contributed by atoms with Gasteiger partial charge in [-0.1, -0.05) is 55.5 Å². The van der Waals surface area contributed by atoms with Crippen molar-refractivity contribution in [3.05, 3.63) is 59.7 Å². The molecular weight excluding hydrogens is 396 g/mol. The van der Waals surface area contributed by atoms with E-state index in [0.29, 0.717) is 19.4 Å². The first kappa shape index (κ1) is 20.9. The molecule has 31 heavy (non-hydrogen) atoms. The van der Waals surface area contributed by atoms with E-state index in [4.69, 9.17) is 9.84 Å². The Labute approximate surface area is 180 Å². The van der Waals surface area contributed by atoms with Crippen molar-refractivity contribution in [2.45, 2.75) is 31.7 Å². The molecule has 162 valence electrons. The van der Waals surface area contributed by atoms with E-state index in [0.717, 1.165) is 11.1 Å². The van der Waals surface area contributed by atoms with Crippen molar-refractivity contribution in [1.82, 2.24) is 10.6 Å². The van der Waals surface area contributed by atoms with Gasteiger partial charge in [-0.25, -0.2) is 9.59 Å². The van der Waals surface area contributed by atoms with Crippen molar-refractivity contribution in [3.8, 4) is 11.1 Å². The van der Waals surface area contributed by atoms with Gasteiger partial charge in [0.05, 0.1) is 0 Å². The van der Waals surface area contributed by atoms with Crippen molar-refractivity contribution in [2.75, 3.05) is 13.2 Å². The zero-order valence-corrected chi connectivity index (χ0v) is 17.3. The zero-order chi connectivity index (χ0) is 22.0. The van der Waals surface area contributed by atoms with Crippen molar-refractivity contribution >= 4 is 18.0 Å². The SMILES string of the molecule is CCC(NC(=O)[C@@H]1C[C@@H]1CNC(=O)OCC1c2ccccc2-c2ccccc21)C(=O)O. The van der Waals surface area contributed by atoms with Crippen LogP contribution in [-0.4, -0.2) is 42.3 Å². The van der Waals surface area contributed by atoms with Crippen LogP contribution in [0.4, 0.5) is 4.79 Å². The fourth-order valence-corrected chi connectivity index (χ4v) is 4.28. The number of hydrogen-bond donors (Lipinski definition) is 3. The smallest absolute Gasteiger partial charge is 0.407 e. The number of amides is 2. The molecule has 3 atom stereocenters. The molecule has 1 fully saturated rings. The molecule has 0 spiro atoms. The molecule has 7 nitrogen and oxygen atoms in total. The lowest BCUT2D eigenvalue weighted by atomic mass is 9.98. The summed E-state index contributed by atoms with van der Waals surface area (Å²) in [5.74, 6) is -1.56. The molecule has 1 saturated carbocycles. The summed E-state index contributed by atoms with van der Waals surface area (Å²) in [7, 11) is 0. The molecule has 2 aliphatic carbocycles. The van der Waals surface area contributed by atoms with Crippen LogP contribution in [0.2, 0.25) is 0 Å². The number of carbonyl (C=O) groups is 3. The summed E-state index contributed by atoms with van der Waals surface area (Å²) < 4.78 is 5.50. The topological polar surface area (TPSA) is 105 Å². The first-order chi connectivity index (χ1) is 15.0. The zero-order valence-electron chi connectivity index (χ0n) is 17.3. The summed E-state index contributed by atoms with van der Waals surface area (Å²) in [4.78, 5) is 35.4. The summed E-state index contributed by atoms with van der Waals surface area (Å²) in [6.45, 7) is 2.28. The average Bonchev–Trinajstić information content (AvgIpc) is 3.49. The highest BCUT2D eigenvalue weighted by molar-refractivity contribution is 5.86. The number of aliphatic carboxylic acids is 1. The third-order valence-electron chi connectivity index (χ3n) is 6.13. The van der Waals surface area contributed by atoms with Crippen molar-refractivity contribution in [2.24, 2.45) is 11.8 Å². The van der Waals surface area contributed by atoms with Crippen LogP contribution < -0.4 is 10.6 Å². The minimum atomic E-state index is -1.04. The minimum Gasteiger partial charge on any atom is -0.480 e. The van der Waals surface area contributed by atoms with Crippen LogP contribution in [0.25, 0.3) is 11.1 Å². The first-order valence-electron chi connectivity index (χ1n) is 10.6. The second-order valence-corrected chi connectivity index (χ2v) is 8.12. The van der Waals surface area contributed by atoms with E-state index in [2.05, 4.69) is 34.9 Å². The van der Waals surface area contributed by atoms with Crippen LogP contribution in [-0.2, 0) is 14.3 Å². The quantitative estimate of drug-likeness (QED) is 0.606. The van der Waals surface area contributed by atoms with Gasteiger partial charge in [-0.05, 0) is 41.0 Å². The summed E-state index contributed by atoms with van der Waals surface area (Å²) in [5, 5.41) is 14.3. The van der Waals surface area contributed by atoms with Crippen molar-refractivity contribution in [3.63, 3.8) is 0 Å². The van der Waals surface area contributed by atoms with E-state index in [1.165, 1.54) is 11.1 Å². The maximum absolute atomic E-state index is 12.2. The van der Waals surface area contributed by atoms with Crippen LogP contribution in [0, 0.1) is 11.8 Å². The molecule has 7 heteroatoms. The molecule has 2 aliphatic rings. The van der Waals surface area contributed by atoms with E-state index in [1.54, 1.807) is 6.92 Å². The summed E-state index contributed by atoms with van der Waals surface area (Å²) in [6, 6.07) is 15.4. The predicted octanol–water partition coefficient (Wildman–Crippen LogP) is 3.14. The third kappa shape index (κ3) is 4.40. The largest absolute Gasteiger partial charge is 0.480 e. The highest BCUT2D eigenvalue weighted by atomic mass is 16.5. The second-order valence-electron chi connectivity index (χ2n) is 8.12. The van der Waals surface area contributed by atoms with Crippen LogP contribution in [0.5, 0.6) is 0 Å². The Morgan fingerprint density at radius 2 is 1.68 bits per heavy atom. The Hall–Kier alpha value is -3.35. The Bertz CT molecular complexity index is 959. The molecular formula is C24H26N2O5. The second kappa shape index (κ2) is 8.79. The number of benzene rings is 2. The molecule has 0 heterocycles. The predicted molar refractivity (Wildman–Crippen MR) is 115 cm³/mol. The van der Waals surface area contributed by atoms with Crippen molar-refractivity contribution < 1.29 is 24.2 Å². The van der Waals surface area contributed by atoms with E-state index in [1.807, 2.05) is 24.3 Å². The average molecular weight is 422 g/mol. The maximum atomic E-state index is 12.2. The van der Waals surface area contributed by atoms with Gasteiger partial charge in [0.15, 0.2) is 0 Å². The number of hydrogen-bond acceptors (Lipinski definition) is 4. The lowest BCUT2D eigenvalue weighted by Crippen LogP contribution is -2.41. The standard InChI is InChI=1S/C24H26N2O5/c1-2-21(23(28)29)26-22(27)19-11-14(19)12-25-24(30)31-13-20-17-9-5-3-7-15(17)16-8-4-6-10-18(16)20/h3-10,14,19-21H,2,11-13H2,1H3,(H,25,30)(H,26,27)(H,28,29)/t14-,19-,21?/m1/s1. The molecule has 1 unspecified atom stereocenters.